The molecule has 1 aromatic carbocycles. The van der Waals surface area contributed by atoms with E-state index >= 15 is 0 Å². The van der Waals surface area contributed by atoms with Gasteiger partial charge in [-0.25, -0.2) is 0 Å². The van der Waals surface area contributed by atoms with Gasteiger partial charge >= 0.3 is 0 Å². The number of aliphatic hydroxyl groups excluding tert-OH is 2. The van der Waals surface area contributed by atoms with Gasteiger partial charge in [0.15, 0.2) is 0 Å². The third-order valence-electron chi connectivity index (χ3n) is 2.34. The molecule has 0 saturated heterocycles. The normalized spacial score (nSPS) is 13.7. The van der Waals surface area contributed by atoms with Crippen LogP contribution < -0.4 is 5.32 Å². The Bertz CT molecular complexity index is 371. The predicted molar refractivity (Wildman–Crippen MR) is 66.6 cm³/mol. The minimum absolute atomic E-state index is 0.0783. The lowest BCUT2D eigenvalue weighted by Gasteiger charge is -2.25. The third kappa shape index (κ3) is 4.73. The van der Waals surface area contributed by atoms with Crippen molar-refractivity contribution < 1.29 is 15.3 Å². The van der Waals surface area contributed by atoms with Gasteiger partial charge in [-0.2, -0.15) is 0 Å². The second kappa shape index (κ2) is 5.49. The van der Waals surface area contributed by atoms with Crippen LogP contribution in [-0.2, 0) is 13.0 Å². The fraction of sp³-hybridized carbons (Fsp3) is 0.538. The fourth-order valence-corrected chi connectivity index (χ4v) is 1.67. The van der Waals surface area contributed by atoms with E-state index < -0.39 is 6.23 Å². The first kappa shape index (κ1) is 14.0. The summed E-state index contributed by atoms with van der Waals surface area (Å²) in [6.45, 7) is 5.73. The molecule has 0 saturated carbocycles. The van der Waals surface area contributed by atoms with Gasteiger partial charge in [-0.1, -0.05) is 6.07 Å². The van der Waals surface area contributed by atoms with E-state index in [1.165, 1.54) is 6.07 Å². The Labute approximate surface area is 102 Å². The van der Waals surface area contributed by atoms with Crippen LogP contribution >= 0.6 is 0 Å². The van der Waals surface area contributed by atoms with E-state index in [2.05, 4.69) is 5.32 Å². The topological polar surface area (TPSA) is 72.7 Å². The van der Waals surface area contributed by atoms with Crippen molar-refractivity contribution in [1.29, 1.82) is 0 Å². The highest BCUT2D eigenvalue weighted by molar-refractivity contribution is 5.35. The van der Waals surface area contributed by atoms with E-state index in [0.29, 0.717) is 12.0 Å². The highest BCUT2D eigenvalue weighted by Gasteiger charge is 2.15. The van der Waals surface area contributed by atoms with Crippen LogP contribution in [0.15, 0.2) is 18.2 Å². The number of aromatic hydroxyl groups is 1. The maximum Gasteiger partial charge on any atom is 0.121 e. The molecule has 1 rings (SSSR count). The standard InChI is InChI=1S/C13H21NO3/c1-13(2,3)14-12(17)7-9-4-5-11(16)10(6-9)8-15/h4-6,12,14-17H,7-8H2,1-3H3. The van der Waals surface area contributed by atoms with Gasteiger partial charge in [0.1, 0.15) is 12.0 Å². The van der Waals surface area contributed by atoms with Gasteiger partial charge in [-0.05, 0) is 38.5 Å². The van der Waals surface area contributed by atoms with Crippen molar-refractivity contribution in [3.63, 3.8) is 0 Å². The minimum Gasteiger partial charge on any atom is -0.508 e. The molecule has 0 amide bonds. The van der Waals surface area contributed by atoms with Crippen LogP contribution in [0, 0.1) is 0 Å². The van der Waals surface area contributed by atoms with Crippen LogP contribution in [0.1, 0.15) is 31.9 Å². The molecule has 4 nitrogen and oxygen atoms in total. The Morgan fingerprint density at radius 3 is 2.47 bits per heavy atom. The van der Waals surface area contributed by atoms with Crippen molar-refractivity contribution in [2.24, 2.45) is 0 Å². The molecular weight excluding hydrogens is 218 g/mol. The second-order valence-electron chi connectivity index (χ2n) is 5.24. The summed E-state index contributed by atoms with van der Waals surface area (Å²) in [4.78, 5) is 0. The summed E-state index contributed by atoms with van der Waals surface area (Å²) < 4.78 is 0. The first-order valence-electron chi connectivity index (χ1n) is 5.69. The van der Waals surface area contributed by atoms with Crippen molar-refractivity contribution in [2.75, 3.05) is 0 Å². The molecular formula is C13H21NO3. The number of hydrogen-bond donors (Lipinski definition) is 4. The number of rotatable bonds is 4. The van der Waals surface area contributed by atoms with Crippen molar-refractivity contribution in [3.05, 3.63) is 29.3 Å². The van der Waals surface area contributed by atoms with Crippen LogP contribution in [0.4, 0.5) is 0 Å². The Morgan fingerprint density at radius 1 is 1.29 bits per heavy atom. The van der Waals surface area contributed by atoms with Gasteiger partial charge in [0, 0.05) is 17.5 Å². The third-order valence-corrected chi connectivity index (χ3v) is 2.34. The molecule has 1 atom stereocenters. The Morgan fingerprint density at radius 2 is 1.94 bits per heavy atom. The molecule has 17 heavy (non-hydrogen) atoms. The number of hydrogen-bond acceptors (Lipinski definition) is 4. The average molecular weight is 239 g/mol. The molecule has 0 aromatic heterocycles. The summed E-state index contributed by atoms with van der Waals surface area (Å²) in [7, 11) is 0. The van der Waals surface area contributed by atoms with E-state index in [1.807, 2.05) is 20.8 Å². The maximum absolute atomic E-state index is 9.84. The van der Waals surface area contributed by atoms with Crippen LogP contribution in [0.2, 0.25) is 0 Å². The summed E-state index contributed by atoms with van der Waals surface area (Å²) in [5.41, 5.74) is 1.19. The van der Waals surface area contributed by atoms with E-state index in [9.17, 15) is 10.2 Å². The van der Waals surface area contributed by atoms with Crippen LogP contribution in [0.25, 0.3) is 0 Å². The van der Waals surface area contributed by atoms with E-state index in [-0.39, 0.29) is 17.9 Å². The zero-order valence-electron chi connectivity index (χ0n) is 10.6. The summed E-state index contributed by atoms with van der Waals surface area (Å²) in [6, 6.07) is 4.97. The molecule has 1 aromatic rings. The molecule has 0 spiro atoms. The van der Waals surface area contributed by atoms with E-state index in [0.717, 1.165) is 5.56 Å². The summed E-state index contributed by atoms with van der Waals surface area (Å²) >= 11 is 0. The van der Waals surface area contributed by atoms with E-state index in [4.69, 9.17) is 5.11 Å². The summed E-state index contributed by atoms with van der Waals surface area (Å²) in [5, 5.41) is 31.3. The molecule has 96 valence electrons. The van der Waals surface area contributed by atoms with Gasteiger partial charge < -0.3 is 15.3 Å². The second-order valence-corrected chi connectivity index (χ2v) is 5.24. The molecule has 0 fully saturated rings. The monoisotopic (exact) mass is 239 g/mol. The van der Waals surface area contributed by atoms with Gasteiger partial charge in [0.2, 0.25) is 0 Å². The van der Waals surface area contributed by atoms with Gasteiger partial charge in [0.05, 0.1) is 6.61 Å². The van der Waals surface area contributed by atoms with Crippen molar-refractivity contribution in [1.82, 2.24) is 5.32 Å². The molecule has 0 aliphatic rings. The van der Waals surface area contributed by atoms with Crippen molar-refractivity contribution >= 4 is 0 Å². The number of benzene rings is 1. The first-order valence-corrected chi connectivity index (χ1v) is 5.69. The molecule has 0 aliphatic heterocycles. The zero-order valence-corrected chi connectivity index (χ0v) is 10.6. The number of phenols is 1. The zero-order chi connectivity index (χ0) is 13.1. The Hall–Kier alpha value is -1.10. The average Bonchev–Trinajstić information content (AvgIpc) is 2.18. The highest BCUT2D eigenvalue weighted by atomic mass is 16.3. The summed E-state index contributed by atoms with van der Waals surface area (Å²) in [6.07, 6.45) is -0.212. The van der Waals surface area contributed by atoms with Gasteiger partial charge in [-0.15, -0.1) is 0 Å². The van der Waals surface area contributed by atoms with Gasteiger partial charge in [0.25, 0.3) is 0 Å². The first-order chi connectivity index (χ1) is 7.81. The SMILES string of the molecule is CC(C)(C)NC(O)Cc1ccc(O)c(CO)c1. The van der Waals surface area contributed by atoms with Crippen molar-refractivity contribution in [3.8, 4) is 5.75 Å². The molecule has 0 bridgehead atoms. The lowest BCUT2D eigenvalue weighted by molar-refractivity contribution is 0.106. The number of aliphatic hydroxyl groups is 2. The summed E-state index contributed by atoms with van der Waals surface area (Å²) in [5.74, 6) is 0.0783. The van der Waals surface area contributed by atoms with Crippen LogP contribution in [0.3, 0.4) is 0 Å². The lowest BCUT2D eigenvalue weighted by Crippen LogP contribution is -2.44. The quantitative estimate of drug-likeness (QED) is 0.594. The molecule has 4 N–H and O–H groups in total. The largest absolute Gasteiger partial charge is 0.508 e. The molecule has 0 aliphatic carbocycles. The Kier molecular flexibility index (Phi) is 4.51. The van der Waals surface area contributed by atoms with Crippen LogP contribution in [0.5, 0.6) is 5.75 Å². The fourth-order valence-electron chi connectivity index (χ4n) is 1.67. The predicted octanol–water partition coefficient (Wildman–Crippen LogP) is 1.13. The molecule has 0 heterocycles. The highest BCUT2D eigenvalue weighted by Crippen LogP contribution is 2.19. The lowest BCUT2D eigenvalue weighted by atomic mass is 10.0. The minimum atomic E-state index is -0.647. The smallest absolute Gasteiger partial charge is 0.121 e. The number of nitrogens with one attached hydrogen (secondary N) is 1. The molecule has 4 heteroatoms. The van der Waals surface area contributed by atoms with Gasteiger partial charge in [-0.3, -0.25) is 5.32 Å². The molecule has 1 unspecified atom stereocenters. The Balaban J connectivity index is 2.68. The molecule has 0 radical (unpaired) electrons. The van der Waals surface area contributed by atoms with Crippen LogP contribution in [-0.4, -0.2) is 27.1 Å². The van der Waals surface area contributed by atoms with Crippen molar-refractivity contribution in [2.45, 2.75) is 45.6 Å². The van der Waals surface area contributed by atoms with E-state index in [1.54, 1.807) is 12.1 Å². The maximum atomic E-state index is 9.84.